The number of rotatable bonds is 6. The minimum atomic E-state index is -0.861. The van der Waals surface area contributed by atoms with Crippen LogP contribution in [-0.2, 0) is 6.42 Å². The first kappa shape index (κ1) is 25.1. The van der Waals surface area contributed by atoms with Crippen LogP contribution in [0.3, 0.4) is 0 Å². The third-order valence-corrected chi connectivity index (χ3v) is 7.00. The average molecular weight is 526 g/mol. The monoisotopic (exact) mass is 525 g/mol. The van der Waals surface area contributed by atoms with Crippen molar-refractivity contribution in [1.29, 1.82) is 0 Å². The fourth-order valence-electron chi connectivity index (χ4n) is 4.94. The Labute approximate surface area is 218 Å². The molecule has 192 valence electrons. The lowest BCUT2D eigenvalue weighted by molar-refractivity contribution is 0.294. The SMILES string of the molecule is C[C@@H]1CCC[C@H](C)N1c1nc(OCCc2ncccn2)nc2c(F)c(-c3c(O)cccc3F)c(Cl)cc12. The van der Waals surface area contributed by atoms with Crippen molar-refractivity contribution in [2.75, 3.05) is 11.5 Å². The van der Waals surface area contributed by atoms with Gasteiger partial charge >= 0.3 is 6.01 Å². The van der Waals surface area contributed by atoms with E-state index in [-0.39, 0.29) is 46.4 Å². The van der Waals surface area contributed by atoms with Gasteiger partial charge in [0.05, 0.1) is 17.2 Å². The number of nitrogens with zero attached hydrogens (tertiary/aromatic N) is 5. The van der Waals surface area contributed by atoms with Crippen molar-refractivity contribution in [2.45, 2.75) is 51.6 Å². The van der Waals surface area contributed by atoms with Gasteiger partial charge in [0.15, 0.2) is 5.82 Å². The van der Waals surface area contributed by atoms with Crippen molar-refractivity contribution in [3.05, 3.63) is 65.2 Å². The van der Waals surface area contributed by atoms with Gasteiger partial charge in [0.1, 0.15) is 28.7 Å². The van der Waals surface area contributed by atoms with Crippen molar-refractivity contribution < 1.29 is 18.6 Å². The maximum atomic E-state index is 16.1. The highest BCUT2D eigenvalue weighted by molar-refractivity contribution is 6.34. The highest BCUT2D eigenvalue weighted by Crippen LogP contribution is 2.43. The van der Waals surface area contributed by atoms with Crippen LogP contribution in [0.5, 0.6) is 11.8 Å². The maximum absolute atomic E-state index is 16.1. The minimum absolute atomic E-state index is 0.0201. The first-order valence-corrected chi connectivity index (χ1v) is 12.6. The molecule has 0 aliphatic carbocycles. The summed E-state index contributed by atoms with van der Waals surface area (Å²) in [5, 5.41) is 10.7. The molecule has 4 aromatic rings. The molecule has 1 aliphatic heterocycles. The van der Waals surface area contributed by atoms with Gasteiger partial charge in [-0.25, -0.2) is 18.7 Å². The zero-order chi connectivity index (χ0) is 26.1. The summed E-state index contributed by atoms with van der Waals surface area (Å²) in [6, 6.07) is 7.28. The van der Waals surface area contributed by atoms with Crippen molar-refractivity contribution in [3.63, 3.8) is 0 Å². The standard InChI is InChI=1S/C27H26ClF2N5O2/c1-15-6-3-7-16(2)35(15)26-17-14-18(28)22(23-19(29)8-4-9-20(23)36)24(30)25(17)33-27(34-26)37-13-10-21-31-11-5-12-32-21/h4-5,8-9,11-12,14-16,36H,3,6-7,10,13H2,1-2H3/t15-,16+. The van der Waals surface area contributed by atoms with Crippen LogP contribution in [0, 0.1) is 11.6 Å². The molecule has 1 N–H and O–H groups in total. The maximum Gasteiger partial charge on any atom is 0.319 e. The molecule has 2 aromatic heterocycles. The van der Waals surface area contributed by atoms with Gasteiger partial charge in [-0.2, -0.15) is 9.97 Å². The molecule has 3 heterocycles. The van der Waals surface area contributed by atoms with Gasteiger partial charge in [-0.05, 0) is 57.4 Å². The van der Waals surface area contributed by atoms with E-state index in [2.05, 4.69) is 38.7 Å². The first-order chi connectivity index (χ1) is 17.8. The predicted molar refractivity (Wildman–Crippen MR) is 138 cm³/mol. The molecule has 1 fully saturated rings. The Morgan fingerprint density at radius 1 is 1.05 bits per heavy atom. The molecule has 10 heteroatoms. The van der Waals surface area contributed by atoms with E-state index in [1.165, 1.54) is 18.2 Å². The molecule has 0 bridgehead atoms. The summed E-state index contributed by atoms with van der Waals surface area (Å²) in [6.45, 7) is 4.37. The van der Waals surface area contributed by atoms with E-state index in [0.29, 0.717) is 23.4 Å². The van der Waals surface area contributed by atoms with Crippen LogP contribution >= 0.6 is 11.6 Å². The van der Waals surface area contributed by atoms with Crippen molar-refractivity contribution in [3.8, 4) is 22.9 Å². The number of hydrogen-bond donors (Lipinski definition) is 1. The normalized spacial score (nSPS) is 17.8. The second-order valence-corrected chi connectivity index (χ2v) is 9.61. The molecule has 0 spiro atoms. The summed E-state index contributed by atoms with van der Waals surface area (Å²) < 4.78 is 36.7. The first-order valence-electron chi connectivity index (χ1n) is 12.2. The van der Waals surface area contributed by atoms with Crippen molar-refractivity contribution in [1.82, 2.24) is 19.9 Å². The van der Waals surface area contributed by atoms with E-state index in [1.807, 2.05) is 0 Å². The number of phenolic OH excluding ortho intramolecular Hbond substituents is 1. The Kier molecular flexibility index (Phi) is 7.06. The van der Waals surface area contributed by atoms with Crippen molar-refractivity contribution in [2.24, 2.45) is 0 Å². The van der Waals surface area contributed by atoms with Gasteiger partial charge < -0.3 is 14.7 Å². The number of benzene rings is 2. The van der Waals surface area contributed by atoms with Crippen LogP contribution in [0.25, 0.3) is 22.0 Å². The van der Waals surface area contributed by atoms with E-state index in [9.17, 15) is 9.50 Å². The van der Waals surface area contributed by atoms with Crippen LogP contribution in [0.15, 0.2) is 42.7 Å². The number of phenols is 1. The highest BCUT2D eigenvalue weighted by atomic mass is 35.5. The zero-order valence-corrected chi connectivity index (χ0v) is 21.2. The van der Waals surface area contributed by atoms with Crippen LogP contribution in [0.2, 0.25) is 5.02 Å². The van der Waals surface area contributed by atoms with Gasteiger partial charge in [0.2, 0.25) is 0 Å². The third kappa shape index (κ3) is 4.87. The smallest absolute Gasteiger partial charge is 0.319 e. The third-order valence-electron chi connectivity index (χ3n) is 6.70. The van der Waals surface area contributed by atoms with Crippen LogP contribution in [0.1, 0.15) is 38.9 Å². The molecule has 0 radical (unpaired) electrons. The molecular weight excluding hydrogens is 500 g/mol. The number of aromatic nitrogens is 4. The molecule has 1 saturated heterocycles. The molecule has 2 aromatic carbocycles. The molecule has 7 nitrogen and oxygen atoms in total. The fourth-order valence-corrected chi connectivity index (χ4v) is 5.23. The summed E-state index contributed by atoms with van der Waals surface area (Å²) in [5.74, 6) is -0.989. The fraction of sp³-hybridized carbons (Fsp3) is 0.333. The summed E-state index contributed by atoms with van der Waals surface area (Å²) in [6.07, 6.45) is 6.68. The van der Waals surface area contributed by atoms with Gasteiger partial charge in [-0.15, -0.1) is 0 Å². The Hall–Kier alpha value is -3.59. The second-order valence-electron chi connectivity index (χ2n) is 9.21. The lowest BCUT2D eigenvalue weighted by Crippen LogP contribution is -2.44. The number of ether oxygens (including phenoxy) is 1. The number of aromatic hydroxyl groups is 1. The molecule has 5 rings (SSSR count). The minimum Gasteiger partial charge on any atom is -0.507 e. The summed E-state index contributed by atoms with van der Waals surface area (Å²) >= 11 is 6.52. The second kappa shape index (κ2) is 10.4. The van der Waals surface area contributed by atoms with Crippen LogP contribution < -0.4 is 9.64 Å². The van der Waals surface area contributed by atoms with Crippen molar-refractivity contribution >= 4 is 28.3 Å². The summed E-state index contributed by atoms with van der Waals surface area (Å²) in [7, 11) is 0. The Balaban J connectivity index is 1.65. The molecule has 0 amide bonds. The van der Waals surface area contributed by atoms with Gasteiger partial charge in [0.25, 0.3) is 0 Å². The Morgan fingerprint density at radius 3 is 2.49 bits per heavy atom. The topological polar surface area (TPSA) is 84.3 Å². The molecule has 2 atom stereocenters. The molecule has 0 saturated carbocycles. The summed E-state index contributed by atoms with van der Waals surface area (Å²) in [4.78, 5) is 19.5. The quantitative estimate of drug-likeness (QED) is 0.325. The lowest BCUT2D eigenvalue weighted by Gasteiger charge is -2.40. The largest absolute Gasteiger partial charge is 0.507 e. The number of halogens is 3. The van der Waals surface area contributed by atoms with Gasteiger partial charge in [-0.3, -0.25) is 0 Å². The van der Waals surface area contributed by atoms with E-state index < -0.39 is 17.4 Å². The molecule has 1 aliphatic rings. The summed E-state index contributed by atoms with van der Waals surface area (Å²) in [5.41, 5.74) is -0.656. The average Bonchev–Trinajstić information content (AvgIpc) is 2.87. The number of anilines is 1. The predicted octanol–water partition coefficient (Wildman–Crippen LogP) is 6.11. The lowest BCUT2D eigenvalue weighted by atomic mass is 9.96. The van der Waals surface area contributed by atoms with Crippen LogP contribution in [0.4, 0.5) is 14.6 Å². The van der Waals surface area contributed by atoms with Gasteiger partial charge in [-0.1, -0.05) is 17.7 Å². The number of fused-ring (bicyclic) bond motifs is 1. The highest BCUT2D eigenvalue weighted by Gasteiger charge is 2.30. The van der Waals surface area contributed by atoms with E-state index in [1.54, 1.807) is 18.5 Å². The van der Waals surface area contributed by atoms with E-state index >= 15 is 4.39 Å². The van der Waals surface area contributed by atoms with Gasteiger partial charge in [0, 0.05) is 41.8 Å². The molecule has 0 unspecified atom stereocenters. The Bertz CT molecular complexity index is 1410. The number of hydrogen-bond acceptors (Lipinski definition) is 7. The Morgan fingerprint density at radius 2 is 1.78 bits per heavy atom. The molecule has 37 heavy (non-hydrogen) atoms. The zero-order valence-electron chi connectivity index (χ0n) is 20.5. The number of piperidine rings is 1. The van der Waals surface area contributed by atoms with E-state index in [4.69, 9.17) is 16.3 Å². The van der Waals surface area contributed by atoms with E-state index in [0.717, 1.165) is 25.3 Å². The molecular formula is C27H26ClF2N5O2. The van der Waals surface area contributed by atoms with Crippen LogP contribution in [-0.4, -0.2) is 43.7 Å².